The summed E-state index contributed by atoms with van der Waals surface area (Å²) >= 11 is 1.57. The van der Waals surface area contributed by atoms with Crippen molar-refractivity contribution in [2.24, 2.45) is 7.05 Å². The molecular formula is C12H17N5O2S. The average molecular weight is 295 g/mol. The van der Waals surface area contributed by atoms with Gasteiger partial charge in [-0.25, -0.2) is 9.67 Å². The summed E-state index contributed by atoms with van der Waals surface area (Å²) in [7, 11) is 3.54. The highest BCUT2D eigenvalue weighted by molar-refractivity contribution is 7.09. The maximum absolute atomic E-state index is 11.3. The summed E-state index contributed by atoms with van der Waals surface area (Å²) in [6.45, 7) is 4.33. The number of anilines is 1. The van der Waals surface area contributed by atoms with Crippen LogP contribution in [0.25, 0.3) is 0 Å². The zero-order chi connectivity index (χ0) is 14.9. The van der Waals surface area contributed by atoms with Crippen molar-refractivity contribution in [2.45, 2.75) is 26.8 Å². The van der Waals surface area contributed by atoms with E-state index in [-0.39, 0.29) is 10.6 Å². The summed E-state index contributed by atoms with van der Waals surface area (Å²) in [4.78, 5) is 17.1. The van der Waals surface area contributed by atoms with Crippen LogP contribution in [0.3, 0.4) is 0 Å². The molecule has 20 heavy (non-hydrogen) atoms. The van der Waals surface area contributed by atoms with Crippen molar-refractivity contribution in [1.29, 1.82) is 0 Å². The Labute approximate surface area is 121 Å². The highest BCUT2D eigenvalue weighted by Gasteiger charge is 2.28. The van der Waals surface area contributed by atoms with E-state index in [1.165, 1.54) is 0 Å². The Morgan fingerprint density at radius 1 is 1.55 bits per heavy atom. The van der Waals surface area contributed by atoms with Gasteiger partial charge in [-0.2, -0.15) is 5.10 Å². The predicted molar refractivity (Wildman–Crippen MR) is 78.2 cm³/mol. The Kier molecular flexibility index (Phi) is 4.03. The van der Waals surface area contributed by atoms with Crippen molar-refractivity contribution in [2.75, 3.05) is 11.9 Å². The van der Waals surface area contributed by atoms with E-state index < -0.39 is 0 Å². The van der Waals surface area contributed by atoms with Gasteiger partial charge in [0.1, 0.15) is 5.69 Å². The molecule has 0 fully saturated rings. The molecule has 2 rings (SSSR count). The van der Waals surface area contributed by atoms with Crippen LogP contribution in [-0.2, 0) is 20.0 Å². The number of aryl methyl sites for hydroxylation is 3. The maximum Gasteiger partial charge on any atom is 0.334 e. The third-order valence-corrected chi connectivity index (χ3v) is 3.83. The van der Waals surface area contributed by atoms with Crippen molar-refractivity contribution in [3.63, 3.8) is 0 Å². The van der Waals surface area contributed by atoms with Crippen molar-refractivity contribution < 1.29 is 4.92 Å². The quantitative estimate of drug-likeness (QED) is 0.625. The van der Waals surface area contributed by atoms with Gasteiger partial charge in [0, 0.05) is 19.5 Å². The van der Waals surface area contributed by atoms with Crippen molar-refractivity contribution in [3.05, 3.63) is 31.9 Å². The highest BCUT2D eigenvalue weighted by Crippen LogP contribution is 2.31. The molecule has 0 N–H and O–H groups in total. The molecule has 2 heterocycles. The Morgan fingerprint density at radius 2 is 2.25 bits per heavy atom. The predicted octanol–water partition coefficient (Wildman–Crippen LogP) is 2.29. The van der Waals surface area contributed by atoms with Crippen LogP contribution < -0.4 is 4.90 Å². The molecule has 0 atom stereocenters. The lowest BCUT2D eigenvalue weighted by Gasteiger charge is -2.16. The van der Waals surface area contributed by atoms with Gasteiger partial charge in [0.15, 0.2) is 0 Å². The van der Waals surface area contributed by atoms with Crippen LogP contribution in [0.2, 0.25) is 0 Å². The lowest BCUT2D eigenvalue weighted by Crippen LogP contribution is -2.20. The molecule has 8 heteroatoms. The molecule has 0 aliphatic heterocycles. The lowest BCUT2D eigenvalue weighted by atomic mass is 10.3. The fourth-order valence-corrected chi connectivity index (χ4v) is 2.81. The van der Waals surface area contributed by atoms with Gasteiger partial charge in [0.05, 0.1) is 22.2 Å². The van der Waals surface area contributed by atoms with E-state index in [4.69, 9.17) is 0 Å². The molecule has 0 amide bonds. The molecule has 0 unspecified atom stereocenters. The van der Waals surface area contributed by atoms with Gasteiger partial charge < -0.3 is 4.90 Å². The molecule has 108 valence electrons. The molecule has 0 bridgehead atoms. The molecule has 0 aromatic carbocycles. The minimum Gasteiger partial charge on any atom is -0.348 e. The van der Waals surface area contributed by atoms with E-state index in [9.17, 15) is 10.1 Å². The summed E-state index contributed by atoms with van der Waals surface area (Å²) in [5.74, 6) is 0.512. The summed E-state index contributed by atoms with van der Waals surface area (Å²) in [5.41, 5.74) is 1.50. The number of aromatic nitrogens is 3. The van der Waals surface area contributed by atoms with E-state index >= 15 is 0 Å². The first-order valence-electron chi connectivity index (χ1n) is 6.26. The summed E-state index contributed by atoms with van der Waals surface area (Å²) < 4.78 is 1.57. The molecule has 0 spiro atoms. The van der Waals surface area contributed by atoms with Crippen LogP contribution in [0.1, 0.15) is 23.3 Å². The van der Waals surface area contributed by atoms with Gasteiger partial charge in [-0.05, 0) is 13.3 Å². The standard InChI is InChI=1S/C12H17N5O2S/c1-5-10-11(17(18)19)12(16(4)14-10)15(3)6-9-7-20-8(2)13-9/h7H,5-6H2,1-4H3. The maximum atomic E-state index is 11.3. The lowest BCUT2D eigenvalue weighted by molar-refractivity contribution is -0.384. The smallest absolute Gasteiger partial charge is 0.334 e. The van der Waals surface area contributed by atoms with Gasteiger partial charge in [-0.3, -0.25) is 10.1 Å². The van der Waals surface area contributed by atoms with Crippen molar-refractivity contribution >= 4 is 22.8 Å². The fraction of sp³-hybridized carbons (Fsp3) is 0.500. The van der Waals surface area contributed by atoms with Gasteiger partial charge >= 0.3 is 5.69 Å². The van der Waals surface area contributed by atoms with E-state index in [1.807, 2.05) is 31.2 Å². The minimum absolute atomic E-state index is 0.0875. The second-order valence-electron chi connectivity index (χ2n) is 4.57. The Morgan fingerprint density at radius 3 is 2.75 bits per heavy atom. The number of thiazole rings is 1. The van der Waals surface area contributed by atoms with E-state index in [0.717, 1.165) is 10.7 Å². The first kappa shape index (κ1) is 14.4. The van der Waals surface area contributed by atoms with Gasteiger partial charge in [0.2, 0.25) is 5.82 Å². The van der Waals surface area contributed by atoms with E-state index in [0.29, 0.717) is 24.5 Å². The second-order valence-corrected chi connectivity index (χ2v) is 5.63. The molecule has 0 saturated carbocycles. The third-order valence-electron chi connectivity index (χ3n) is 3.01. The fourth-order valence-electron chi connectivity index (χ4n) is 2.21. The number of nitrogens with zero attached hydrogens (tertiary/aromatic N) is 5. The van der Waals surface area contributed by atoms with Gasteiger partial charge in [0.25, 0.3) is 0 Å². The summed E-state index contributed by atoms with van der Waals surface area (Å²) in [5, 5.41) is 18.5. The molecular weight excluding hydrogens is 278 g/mol. The number of nitro groups is 1. The monoisotopic (exact) mass is 295 g/mol. The Bertz CT molecular complexity index is 634. The molecule has 0 saturated heterocycles. The average Bonchev–Trinajstić information content (AvgIpc) is 2.92. The van der Waals surface area contributed by atoms with Crippen LogP contribution in [0, 0.1) is 17.0 Å². The zero-order valence-electron chi connectivity index (χ0n) is 12.0. The van der Waals surface area contributed by atoms with Crippen molar-refractivity contribution in [3.8, 4) is 0 Å². The second kappa shape index (κ2) is 5.58. The Hall–Kier alpha value is -1.96. The SMILES string of the molecule is CCc1nn(C)c(N(C)Cc2csc(C)n2)c1[N+](=O)[O-]. The first-order chi connectivity index (χ1) is 9.43. The third kappa shape index (κ3) is 2.64. The zero-order valence-corrected chi connectivity index (χ0v) is 12.8. The summed E-state index contributed by atoms with van der Waals surface area (Å²) in [6, 6.07) is 0. The number of hydrogen-bond donors (Lipinski definition) is 0. The van der Waals surface area contributed by atoms with Crippen LogP contribution in [0.4, 0.5) is 11.5 Å². The molecule has 2 aromatic rings. The molecule has 2 aromatic heterocycles. The number of hydrogen-bond acceptors (Lipinski definition) is 6. The summed E-state index contributed by atoms with van der Waals surface area (Å²) in [6.07, 6.45) is 0.536. The van der Waals surface area contributed by atoms with Crippen molar-refractivity contribution in [1.82, 2.24) is 14.8 Å². The molecule has 7 nitrogen and oxygen atoms in total. The largest absolute Gasteiger partial charge is 0.348 e. The van der Waals surface area contributed by atoms with Crippen LogP contribution in [0.15, 0.2) is 5.38 Å². The Balaban J connectivity index is 2.36. The highest BCUT2D eigenvalue weighted by atomic mass is 32.1. The minimum atomic E-state index is -0.357. The van der Waals surface area contributed by atoms with Crippen LogP contribution in [0.5, 0.6) is 0 Å². The van der Waals surface area contributed by atoms with Crippen LogP contribution in [-0.4, -0.2) is 26.7 Å². The van der Waals surface area contributed by atoms with Gasteiger partial charge in [-0.15, -0.1) is 11.3 Å². The number of rotatable bonds is 5. The van der Waals surface area contributed by atoms with E-state index in [1.54, 1.807) is 23.1 Å². The normalized spacial score (nSPS) is 10.8. The van der Waals surface area contributed by atoms with Gasteiger partial charge in [-0.1, -0.05) is 6.92 Å². The molecule has 0 radical (unpaired) electrons. The molecule has 0 aliphatic rings. The first-order valence-corrected chi connectivity index (χ1v) is 7.14. The molecule has 0 aliphatic carbocycles. The topological polar surface area (TPSA) is 77.1 Å². The van der Waals surface area contributed by atoms with Crippen LogP contribution >= 0.6 is 11.3 Å². The van der Waals surface area contributed by atoms with E-state index in [2.05, 4.69) is 10.1 Å².